The molecule has 29 heavy (non-hydrogen) atoms. The Labute approximate surface area is 168 Å². The van der Waals surface area contributed by atoms with Crippen molar-refractivity contribution in [2.24, 2.45) is 0 Å². The second-order valence-corrected chi connectivity index (χ2v) is 6.70. The lowest BCUT2D eigenvalue weighted by Crippen LogP contribution is -2.30. The molecule has 1 aromatic carbocycles. The molecule has 0 radical (unpaired) electrons. The number of carboxylic acid groups (broad SMARTS) is 1. The van der Waals surface area contributed by atoms with Crippen molar-refractivity contribution in [3.8, 4) is 11.1 Å². The molecule has 0 bridgehead atoms. The third kappa shape index (κ3) is 4.65. The summed E-state index contributed by atoms with van der Waals surface area (Å²) in [4.78, 5) is 28.1. The van der Waals surface area contributed by atoms with E-state index in [0.29, 0.717) is 5.56 Å². The third-order valence-corrected chi connectivity index (χ3v) is 4.58. The van der Waals surface area contributed by atoms with E-state index in [-0.39, 0.29) is 22.6 Å². The number of alkyl halides is 3. The number of carboxylic acids is 1. The number of nitrogens with zero attached hydrogens (tertiary/aromatic N) is 2. The van der Waals surface area contributed by atoms with Gasteiger partial charge >= 0.3 is 12.1 Å². The first-order valence-electron chi connectivity index (χ1n) is 8.38. The summed E-state index contributed by atoms with van der Waals surface area (Å²) in [5.74, 6) is -1.24. The second-order valence-electron chi connectivity index (χ2n) is 6.26. The maximum absolute atomic E-state index is 13.3. The molecule has 0 spiro atoms. The van der Waals surface area contributed by atoms with Gasteiger partial charge < -0.3 is 9.67 Å². The van der Waals surface area contributed by atoms with Crippen LogP contribution in [-0.2, 0) is 17.4 Å². The molecule has 1 unspecified atom stereocenters. The van der Waals surface area contributed by atoms with Crippen molar-refractivity contribution in [1.82, 2.24) is 9.55 Å². The van der Waals surface area contributed by atoms with Gasteiger partial charge in [0.25, 0.3) is 5.56 Å². The van der Waals surface area contributed by atoms with Crippen LogP contribution in [0.2, 0.25) is 5.02 Å². The zero-order chi connectivity index (χ0) is 21.2. The molecule has 2 aromatic heterocycles. The first-order valence-corrected chi connectivity index (χ1v) is 8.75. The number of carbonyl (C=O) groups is 1. The zero-order valence-electron chi connectivity index (χ0n) is 14.7. The Morgan fingerprint density at radius 2 is 1.83 bits per heavy atom. The first kappa shape index (κ1) is 20.6. The molecule has 3 rings (SSSR count). The lowest BCUT2D eigenvalue weighted by molar-refractivity contribution is -0.141. The number of benzene rings is 1. The molecule has 1 N–H and O–H groups in total. The van der Waals surface area contributed by atoms with Crippen molar-refractivity contribution in [1.29, 1.82) is 0 Å². The highest BCUT2D eigenvalue weighted by Crippen LogP contribution is 2.38. The summed E-state index contributed by atoms with van der Waals surface area (Å²) in [5, 5.41) is 9.63. The highest BCUT2D eigenvalue weighted by atomic mass is 35.5. The van der Waals surface area contributed by atoms with Crippen LogP contribution in [0.25, 0.3) is 11.1 Å². The second kappa shape index (κ2) is 8.08. The first-order chi connectivity index (χ1) is 13.7. The van der Waals surface area contributed by atoms with Crippen LogP contribution in [0.15, 0.2) is 65.8 Å². The van der Waals surface area contributed by atoms with Crippen LogP contribution in [0.1, 0.15) is 17.2 Å². The summed E-state index contributed by atoms with van der Waals surface area (Å²) in [5.41, 5.74) is -1.29. The van der Waals surface area contributed by atoms with Gasteiger partial charge in [-0.2, -0.15) is 13.2 Å². The number of rotatable bonds is 5. The summed E-state index contributed by atoms with van der Waals surface area (Å²) < 4.78 is 40.9. The number of aliphatic carboxylic acids is 1. The Bertz CT molecular complexity index is 1100. The Hall–Kier alpha value is -3.13. The molecule has 0 fully saturated rings. The van der Waals surface area contributed by atoms with Gasteiger partial charge in [-0.25, -0.2) is 4.79 Å². The quantitative estimate of drug-likeness (QED) is 0.659. The van der Waals surface area contributed by atoms with Crippen molar-refractivity contribution in [2.45, 2.75) is 18.6 Å². The van der Waals surface area contributed by atoms with Gasteiger partial charge in [-0.15, -0.1) is 0 Å². The van der Waals surface area contributed by atoms with Crippen LogP contribution in [0, 0.1) is 0 Å². The van der Waals surface area contributed by atoms with E-state index in [1.807, 2.05) is 0 Å². The van der Waals surface area contributed by atoms with Gasteiger partial charge in [-0.05, 0) is 53.1 Å². The highest BCUT2D eigenvalue weighted by Gasteiger charge is 2.34. The Morgan fingerprint density at radius 1 is 1.14 bits per heavy atom. The standard InChI is InChI=1S/C20H14ClF3N2O3/c21-14-1-2-16(20(22,23)24)15(11-14)13-5-8-26(18(27)10-13)17(19(28)29)9-12-3-6-25-7-4-12/h1-8,10-11,17H,9H2,(H,28,29). The molecule has 2 heterocycles. The SMILES string of the molecule is O=C(O)C(Cc1ccncc1)n1ccc(-c2cc(Cl)ccc2C(F)(F)F)cc1=O. The monoisotopic (exact) mass is 422 g/mol. The average molecular weight is 423 g/mol. The van der Waals surface area contributed by atoms with Gasteiger partial charge in [0.2, 0.25) is 0 Å². The smallest absolute Gasteiger partial charge is 0.417 e. The molecule has 0 saturated carbocycles. The topological polar surface area (TPSA) is 72.2 Å². The molecule has 1 atom stereocenters. The molecule has 150 valence electrons. The fraction of sp³-hybridized carbons (Fsp3) is 0.150. The lowest BCUT2D eigenvalue weighted by Gasteiger charge is -2.17. The summed E-state index contributed by atoms with van der Waals surface area (Å²) in [7, 11) is 0. The number of halogens is 4. The van der Waals surface area contributed by atoms with Crippen LogP contribution >= 0.6 is 11.6 Å². The van der Waals surface area contributed by atoms with E-state index in [1.165, 1.54) is 24.7 Å². The van der Waals surface area contributed by atoms with Crippen LogP contribution in [0.3, 0.4) is 0 Å². The minimum atomic E-state index is -4.64. The van der Waals surface area contributed by atoms with Gasteiger partial charge in [0, 0.05) is 36.1 Å². The van der Waals surface area contributed by atoms with Gasteiger partial charge in [0.15, 0.2) is 0 Å². The van der Waals surface area contributed by atoms with Gasteiger partial charge in [-0.1, -0.05) is 11.6 Å². The molecule has 0 amide bonds. The molecule has 0 aliphatic rings. The largest absolute Gasteiger partial charge is 0.480 e. The van der Waals surface area contributed by atoms with Crippen molar-refractivity contribution in [2.75, 3.05) is 0 Å². The number of hydrogen-bond donors (Lipinski definition) is 1. The number of hydrogen-bond acceptors (Lipinski definition) is 3. The summed E-state index contributed by atoms with van der Waals surface area (Å²) in [6.45, 7) is 0. The van der Waals surface area contributed by atoms with Crippen molar-refractivity contribution in [3.63, 3.8) is 0 Å². The maximum atomic E-state index is 13.3. The van der Waals surface area contributed by atoms with E-state index >= 15 is 0 Å². The Morgan fingerprint density at radius 3 is 2.41 bits per heavy atom. The number of aromatic nitrogens is 2. The van der Waals surface area contributed by atoms with Crippen molar-refractivity contribution < 1.29 is 23.1 Å². The van der Waals surface area contributed by atoms with E-state index in [1.54, 1.807) is 12.1 Å². The van der Waals surface area contributed by atoms with E-state index in [9.17, 15) is 27.9 Å². The third-order valence-electron chi connectivity index (χ3n) is 4.35. The Kier molecular flexibility index (Phi) is 5.74. The molecule has 0 aliphatic heterocycles. The lowest BCUT2D eigenvalue weighted by atomic mass is 10.00. The van der Waals surface area contributed by atoms with Crippen LogP contribution in [0.4, 0.5) is 13.2 Å². The normalized spacial score (nSPS) is 12.6. The summed E-state index contributed by atoms with van der Waals surface area (Å²) in [6, 6.07) is 7.34. The molecular weight excluding hydrogens is 409 g/mol. The molecule has 9 heteroatoms. The van der Waals surface area contributed by atoms with E-state index < -0.39 is 29.3 Å². The fourth-order valence-corrected chi connectivity index (χ4v) is 3.14. The summed E-state index contributed by atoms with van der Waals surface area (Å²) >= 11 is 5.84. The molecular formula is C20H14ClF3N2O3. The van der Waals surface area contributed by atoms with Crippen LogP contribution in [0.5, 0.6) is 0 Å². The van der Waals surface area contributed by atoms with E-state index in [0.717, 1.165) is 28.8 Å². The predicted molar refractivity (Wildman–Crippen MR) is 101 cm³/mol. The average Bonchev–Trinajstić information content (AvgIpc) is 2.66. The molecule has 0 aliphatic carbocycles. The van der Waals surface area contributed by atoms with Crippen LogP contribution in [-0.4, -0.2) is 20.6 Å². The minimum Gasteiger partial charge on any atom is -0.480 e. The van der Waals surface area contributed by atoms with Gasteiger partial charge in [0.1, 0.15) is 6.04 Å². The molecule has 3 aromatic rings. The zero-order valence-corrected chi connectivity index (χ0v) is 15.5. The predicted octanol–water partition coefficient (Wildman–Crippen LogP) is 4.45. The van der Waals surface area contributed by atoms with Gasteiger partial charge in [0.05, 0.1) is 5.56 Å². The maximum Gasteiger partial charge on any atom is 0.417 e. The van der Waals surface area contributed by atoms with E-state index in [4.69, 9.17) is 11.6 Å². The number of pyridine rings is 2. The van der Waals surface area contributed by atoms with Crippen molar-refractivity contribution in [3.05, 3.63) is 87.6 Å². The molecule has 0 saturated heterocycles. The fourth-order valence-electron chi connectivity index (χ4n) is 2.96. The highest BCUT2D eigenvalue weighted by molar-refractivity contribution is 6.30. The van der Waals surface area contributed by atoms with Crippen LogP contribution < -0.4 is 5.56 Å². The Balaban J connectivity index is 2.04. The molecule has 5 nitrogen and oxygen atoms in total. The van der Waals surface area contributed by atoms with E-state index in [2.05, 4.69) is 4.98 Å². The summed E-state index contributed by atoms with van der Waals surface area (Å²) in [6.07, 6.45) is -0.448. The van der Waals surface area contributed by atoms with Crippen molar-refractivity contribution >= 4 is 17.6 Å². The minimum absolute atomic E-state index is 0.00544. The van der Waals surface area contributed by atoms with Gasteiger partial charge in [-0.3, -0.25) is 9.78 Å².